The van der Waals surface area contributed by atoms with Crippen LogP contribution in [-0.2, 0) is 20.7 Å². The Morgan fingerprint density at radius 2 is 1.70 bits per heavy atom. The van der Waals surface area contributed by atoms with Crippen molar-refractivity contribution in [3.05, 3.63) is 130 Å². The number of amides is 1. The van der Waals surface area contributed by atoms with Gasteiger partial charge < -0.3 is 50.0 Å². The van der Waals surface area contributed by atoms with Crippen molar-refractivity contribution in [3.8, 4) is 34.1 Å². The number of fused-ring (bicyclic) bond motifs is 3. The summed E-state index contributed by atoms with van der Waals surface area (Å²) in [6, 6.07) is 19.5. The summed E-state index contributed by atoms with van der Waals surface area (Å²) in [6.45, 7) is 10.3. The number of aliphatic hydroxyl groups excluding tert-OH is 2. The Hall–Kier alpha value is -7.82. The SMILES string of the molecule is CC(C)C(C)n1cc(-c2ccc(CC/C=C(F)/C=c3/[nH]nc/c3=C\c3c(C4CC4)cc4c(N5C[C@@H]6C[C@H]5CN6)nc(OC5CCOCC5)nc4c3O)cc2)nn1.CN[C@@H](CO)c1ccc(-c2cncnc2)cc1.CO.O=C[C@@H]1CCCN1C=O. The van der Waals surface area contributed by atoms with Gasteiger partial charge in [0, 0.05) is 91.4 Å². The number of aromatic hydroxyl groups is 1. The lowest BCUT2D eigenvalue weighted by Crippen LogP contribution is -2.44. The number of aldehydes is 1. The maximum atomic E-state index is 15.4. The number of rotatable bonds is 18. The van der Waals surface area contributed by atoms with E-state index < -0.39 is 0 Å². The van der Waals surface area contributed by atoms with Crippen molar-refractivity contribution in [1.29, 1.82) is 0 Å². The minimum atomic E-state index is -0.358. The highest BCUT2D eigenvalue weighted by atomic mass is 19.1. The fraction of sp³-hybridized carbons (Fsp3) is 0.444. The zero-order chi connectivity index (χ0) is 59.1. The monoisotopic (exact) mass is 1150 g/mol. The summed E-state index contributed by atoms with van der Waals surface area (Å²) >= 11 is 0. The number of benzene rings is 3. The normalized spacial score (nSPS) is 19.8. The number of hydrogen-bond acceptors (Lipinski definition) is 17. The van der Waals surface area contributed by atoms with Crippen LogP contribution in [0.15, 0.2) is 97.6 Å². The molecule has 0 radical (unpaired) electrons. The average molecular weight is 1150 g/mol. The number of aromatic nitrogens is 9. The molecule has 4 saturated heterocycles. The smallest absolute Gasteiger partial charge is 0.319 e. The number of anilines is 1. The van der Waals surface area contributed by atoms with Crippen molar-refractivity contribution in [3.63, 3.8) is 0 Å². The predicted molar refractivity (Wildman–Crippen MR) is 320 cm³/mol. The van der Waals surface area contributed by atoms with Crippen LogP contribution in [0.3, 0.4) is 0 Å². The molecule has 0 spiro atoms. The molecule has 8 heterocycles. The number of carbonyl (C=O) groups excluding carboxylic acids is 2. The molecule has 2 bridgehead atoms. The molecule has 1 amide bonds. The molecule has 5 fully saturated rings. The third-order valence-corrected chi connectivity index (χ3v) is 16.4. The number of carbonyl (C=O) groups is 2. The third kappa shape index (κ3) is 14.9. The quantitative estimate of drug-likeness (QED) is 0.0507. The maximum Gasteiger partial charge on any atom is 0.319 e. The van der Waals surface area contributed by atoms with Crippen molar-refractivity contribution >= 4 is 41.6 Å². The van der Waals surface area contributed by atoms with Gasteiger partial charge in [0.15, 0.2) is 0 Å². The zero-order valence-electron chi connectivity index (χ0n) is 48.5. The van der Waals surface area contributed by atoms with E-state index in [0.29, 0.717) is 71.6 Å². The number of nitrogens with one attached hydrogen (secondary N) is 3. The second kappa shape index (κ2) is 29.1. The molecule has 1 aliphatic carbocycles. The van der Waals surface area contributed by atoms with Crippen LogP contribution < -0.4 is 30.8 Å². The molecule has 5 atom stereocenters. The number of hydrogen-bond donors (Lipinski definition) is 6. The number of H-pyrrole nitrogens is 1. The van der Waals surface area contributed by atoms with E-state index >= 15 is 4.39 Å². The predicted octanol–water partition coefficient (Wildman–Crippen LogP) is 6.43. The van der Waals surface area contributed by atoms with Gasteiger partial charge in [-0.25, -0.2) is 19.0 Å². The van der Waals surface area contributed by atoms with Gasteiger partial charge in [-0.3, -0.25) is 9.89 Å². The van der Waals surface area contributed by atoms with Crippen LogP contribution in [0.5, 0.6) is 11.8 Å². The van der Waals surface area contributed by atoms with Crippen molar-refractivity contribution < 1.29 is 38.8 Å². The molecule has 12 rings (SSSR count). The Bertz CT molecular complexity index is 3410. The van der Waals surface area contributed by atoms with Crippen LogP contribution in [0.2, 0.25) is 0 Å². The maximum absolute atomic E-state index is 15.4. The van der Waals surface area contributed by atoms with Crippen LogP contribution in [0.4, 0.5) is 10.2 Å². The van der Waals surface area contributed by atoms with Crippen LogP contribution in [0.25, 0.3) is 45.4 Å². The first-order chi connectivity index (χ1) is 41.0. The molecule has 4 aromatic heterocycles. The van der Waals surface area contributed by atoms with Gasteiger partial charge in [0.2, 0.25) is 6.41 Å². The highest BCUT2D eigenvalue weighted by Gasteiger charge is 2.40. The lowest BCUT2D eigenvalue weighted by molar-refractivity contribution is -0.123. The van der Waals surface area contributed by atoms with Gasteiger partial charge in [-0.05, 0) is 117 Å². The van der Waals surface area contributed by atoms with Crippen LogP contribution in [0, 0.1) is 5.92 Å². The topological polar surface area (TPSA) is 255 Å². The lowest BCUT2D eigenvalue weighted by atomic mass is 9.97. The lowest BCUT2D eigenvalue weighted by Gasteiger charge is -2.30. The summed E-state index contributed by atoms with van der Waals surface area (Å²) < 4.78 is 29.2. The standard InChI is InChI=1S/C43H50FN9O3.C13H15N3O.C6H9NO2.CH4O/c1-25(2)26(3)53-24-39(50-51-53)29-9-7-27(8-10-29)5-4-6-31(44)18-38-30(21-46-49-38)17-36-35(28-11-12-28)20-37-40(41(36)54)47-43(56-34-13-15-55-16-14-34)48-42(37)52-23-32-19-33(52)22-45-32;1-14-13(8-17)11-4-2-10(3-5-11)12-6-15-9-16-7-12;8-4-6-2-1-3-7(6)5-9;1-2/h6-10,17-18,20-21,24-26,28,32-34,45,49,54H,4-5,11-16,19,22-23H2,1-3H3;2-7,9,13-14,17H,8H2,1H3;4-6H,1-3H2;2H,1H3/b30-17+,31-6-,38-18+;;;/t26?,32-,33-;13-;6-;/m000./s1. The summed E-state index contributed by atoms with van der Waals surface area (Å²) in [5.74, 6) is 1.31. The van der Waals surface area contributed by atoms with E-state index in [0.717, 1.165) is 135 Å². The number of aliphatic hydroxyl groups is 2. The van der Waals surface area contributed by atoms with Gasteiger partial charge in [-0.15, -0.1) is 5.10 Å². The summed E-state index contributed by atoms with van der Waals surface area (Å²) in [5, 5.41) is 52.8. The molecule has 444 valence electrons. The second-order valence-corrected chi connectivity index (χ2v) is 22.2. The number of aromatic amines is 1. The van der Waals surface area contributed by atoms with Gasteiger partial charge >= 0.3 is 6.01 Å². The number of ether oxygens (including phenoxy) is 2. The Kier molecular flexibility index (Phi) is 21.1. The van der Waals surface area contributed by atoms with E-state index in [9.17, 15) is 19.8 Å². The molecule has 3 aromatic carbocycles. The van der Waals surface area contributed by atoms with E-state index in [4.69, 9.17) is 24.5 Å². The molecule has 4 aliphatic heterocycles. The fourth-order valence-electron chi connectivity index (χ4n) is 11.0. The van der Waals surface area contributed by atoms with Crippen molar-refractivity contribution in [1.82, 2.24) is 60.7 Å². The highest BCUT2D eigenvalue weighted by Crippen LogP contribution is 2.48. The molecule has 84 heavy (non-hydrogen) atoms. The molecule has 6 N–H and O–H groups in total. The van der Waals surface area contributed by atoms with E-state index in [-0.39, 0.29) is 48.4 Å². The Morgan fingerprint density at radius 1 is 0.952 bits per heavy atom. The minimum absolute atomic E-state index is 0.0175. The van der Waals surface area contributed by atoms with Crippen molar-refractivity contribution in [2.75, 3.05) is 58.5 Å². The van der Waals surface area contributed by atoms with Crippen LogP contribution in [0.1, 0.15) is 112 Å². The third-order valence-electron chi connectivity index (χ3n) is 16.4. The zero-order valence-corrected chi connectivity index (χ0v) is 48.5. The number of likely N-dealkylation sites (N-methyl/N-ethyl adjacent to an activating group) is 1. The van der Waals surface area contributed by atoms with Gasteiger partial charge in [-0.2, -0.15) is 15.1 Å². The number of phenolic OH excluding ortho intramolecular Hbond substituents is 1. The Morgan fingerprint density at radius 3 is 2.35 bits per heavy atom. The van der Waals surface area contributed by atoms with Gasteiger partial charge in [0.25, 0.3) is 0 Å². The Labute approximate surface area is 489 Å². The molecule has 20 nitrogen and oxygen atoms in total. The number of allylic oxidation sites excluding steroid dienone is 2. The molecular formula is C63H78FN13O7. The van der Waals surface area contributed by atoms with Crippen molar-refractivity contribution in [2.45, 2.75) is 121 Å². The highest BCUT2D eigenvalue weighted by molar-refractivity contribution is 5.97. The molecule has 1 unspecified atom stereocenters. The summed E-state index contributed by atoms with van der Waals surface area (Å²) in [6.07, 6.45) is 22.9. The van der Waals surface area contributed by atoms with Crippen LogP contribution >= 0.6 is 0 Å². The number of aryl methyl sites for hydroxylation is 1. The summed E-state index contributed by atoms with van der Waals surface area (Å²) in [4.78, 5) is 42.0. The van der Waals surface area contributed by atoms with E-state index in [1.54, 1.807) is 24.7 Å². The molecule has 1 saturated carbocycles. The largest absolute Gasteiger partial charge is 0.505 e. The molecule has 7 aromatic rings. The number of nitrogens with zero attached hydrogens (tertiary/aromatic N) is 10. The van der Waals surface area contributed by atoms with E-state index in [2.05, 4.69) is 85.0 Å². The van der Waals surface area contributed by atoms with Gasteiger partial charge in [0.05, 0.1) is 55.7 Å². The van der Waals surface area contributed by atoms with E-state index in [1.165, 1.54) is 17.3 Å². The fourth-order valence-corrected chi connectivity index (χ4v) is 11.0. The second-order valence-electron chi connectivity index (χ2n) is 22.2. The minimum Gasteiger partial charge on any atom is -0.505 e. The number of halogens is 1. The summed E-state index contributed by atoms with van der Waals surface area (Å²) in [5.41, 5.74) is 8.26. The van der Waals surface area contributed by atoms with Crippen molar-refractivity contribution in [2.24, 2.45) is 5.92 Å². The molecule has 5 aliphatic rings. The number of piperazine rings is 1. The molecular weight excluding hydrogens is 1070 g/mol. The van der Waals surface area contributed by atoms with Gasteiger partial charge in [0.1, 0.15) is 47.3 Å². The number of likely N-dealkylation sites (tertiary alicyclic amines) is 1. The number of phenols is 1. The first-order valence-electron chi connectivity index (χ1n) is 29.2. The Balaban J connectivity index is 0.000000247. The molecule has 21 heteroatoms. The first-order valence-corrected chi connectivity index (χ1v) is 29.2. The van der Waals surface area contributed by atoms with Gasteiger partial charge in [-0.1, -0.05) is 67.6 Å². The average Bonchev–Trinajstić information content (AvgIpc) is 2.39. The van der Waals surface area contributed by atoms with Crippen LogP contribution in [-0.4, -0.2) is 156 Å². The summed E-state index contributed by atoms with van der Waals surface area (Å²) in [7, 11) is 2.83. The van der Waals surface area contributed by atoms with E-state index in [1.807, 2.05) is 60.4 Å². The first kappa shape index (κ1) is 60.8.